The van der Waals surface area contributed by atoms with Crippen LogP contribution in [0.2, 0.25) is 0 Å². The molecular formula is C16H18S. The number of aryl methyl sites for hydroxylation is 2. The molecule has 0 aliphatic rings. The van der Waals surface area contributed by atoms with Gasteiger partial charge in [0.05, 0.1) is 0 Å². The predicted octanol–water partition coefficient (Wildman–Crippen LogP) is 4.52. The Kier molecular flexibility index (Phi) is 4.27. The zero-order valence-corrected chi connectivity index (χ0v) is 11.1. The van der Waals surface area contributed by atoms with E-state index in [-0.39, 0.29) is 0 Å². The number of hydrogen-bond acceptors (Lipinski definition) is 1. The molecule has 0 nitrogen and oxygen atoms in total. The Labute approximate surface area is 109 Å². The van der Waals surface area contributed by atoms with Crippen molar-refractivity contribution in [2.45, 2.75) is 19.8 Å². The Morgan fingerprint density at radius 2 is 1.82 bits per heavy atom. The van der Waals surface area contributed by atoms with Crippen molar-refractivity contribution in [3.8, 4) is 11.1 Å². The minimum Gasteiger partial charge on any atom is -0.179 e. The molecule has 0 amide bonds. The van der Waals surface area contributed by atoms with Crippen LogP contribution in [0.15, 0.2) is 48.5 Å². The Bertz CT molecular complexity index is 488. The summed E-state index contributed by atoms with van der Waals surface area (Å²) in [4.78, 5) is 0. The highest BCUT2D eigenvalue weighted by Gasteiger charge is 2.01. The van der Waals surface area contributed by atoms with Crippen LogP contribution in [0.4, 0.5) is 0 Å². The van der Waals surface area contributed by atoms with Crippen molar-refractivity contribution < 1.29 is 0 Å². The van der Waals surface area contributed by atoms with E-state index in [1.54, 1.807) is 0 Å². The monoisotopic (exact) mass is 242 g/mol. The first-order valence-electron chi connectivity index (χ1n) is 6.07. The highest BCUT2D eigenvalue weighted by atomic mass is 32.1. The summed E-state index contributed by atoms with van der Waals surface area (Å²) < 4.78 is 0. The first kappa shape index (κ1) is 12.3. The van der Waals surface area contributed by atoms with Crippen molar-refractivity contribution in [1.29, 1.82) is 0 Å². The highest BCUT2D eigenvalue weighted by molar-refractivity contribution is 7.80. The van der Waals surface area contributed by atoms with Crippen LogP contribution in [-0.2, 0) is 6.42 Å². The minimum atomic E-state index is 0.953. The molecule has 0 heterocycles. The first-order chi connectivity index (χ1) is 8.31. The topological polar surface area (TPSA) is 0 Å². The van der Waals surface area contributed by atoms with Gasteiger partial charge in [0.15, 0.2) is 0 Å². The van der Waals surface area contributed by atoms with Gasteiger partial charge in [-0.15, -0.1) is 0 Å². The highest BCUT2D eigenvalue weighted by Crippen LogP contribution is 2.24. The summed E-state index contributed by atoms with van der Waals surface area (Å²) >= 11 is 4.26. The van der Waals surface area contributed by atoms with E-state index in [1.807, 2.05) is 0 Å². The zero-order valence-electron chi connectivity index (χ0n) is 10.2. The molecule has 17 heavy (non-hydrogen) atoms. The van der Waals surface area contributed by atoms with Crippen LogP contribution in [0.3, 0.4) is 0 Å². The van der Waals surface area contributed by atoms with Crippen LogP contribution in [-0.4, -0.2) is 5.75 Å². The van der Waals surface area contributed by atoms with E-state index in [4.69, 9.17) is 0 Å². The van der Waals surface area contributed by atoms with Gasteiger partial charge >= 0.3 is 0 Å². The molecule has 0 saturated carbocycles. The molecule has 0 saturated heterocycles. The van der Waals surface area contributed by atoms with Crippen molar-refractivity contribution in [1.82, 2.24) is 0 Å². The largest absolute Gasteiger partial charge is 0.179 e. The molecule has 0 aliphatic carbocycles. The van der Waals surface area contributed by atoms with Gasteiger partial charge < -0.3 is 0 Å². The van der Waals surface area contributed by atoms with Crippen molar-refractivity contribution in [3.05, 3.63) is 59.7 Å². The van der Waals surface area contributed by atoms with E-state index in [9.17, 15) is 0 Å². The van der Waals surface area contributed by atoms with Crippen LogP contribution < -0.4 is 0 Å². The maximum absolute atomic E-state index is 4.26. The summed E-state index contributed by atoms with van der Waals surface area (Å²) in [5.74, 6) is 0.953. The lowest BCUT2D eigenvalue weighted by Gasteiger charge is -2.07. The van der Waals surface area contributed by atoms with Gasteiger partial charge in [0.1, 0.15) is 0 Å². The molecule has 2 rings (SSSR count). The number of thiol groups is 1. The lowest BCUT2D eigenvalue weighted by molar-refractivity contribution is 0.936. The van der Waals surface area contributed by atoms with E-state index in [0.29, 0.717) is 0 Å². The summed E-state index contributed by atoms with van der Waals surface area (Å²) in [5, 5.41) is 0. The van der Waals surface area contributed by atoms with Gasteiger partial charge in [-0.25, -0.2) is 0 Å². The van der Waals surface area contributed by atoms with E-state index in [1.165, 1.54) is 22.3 Å². The SMILES string of the molecule is Cc1ccccc1-c1cccc(CCCS)c1. The van der Waals surface area contributed by atoms with Crippen LogP contribution in [0.5, 0.6) is 0 Å². The van der Waals surface area contributed by atoms with E-state index in [0.717, 1.165) is 18.6 Å². The molecule has 0 atom stereocenters. The molecule has 2 aromatic rings. The second kappa shape index (κ2) is 5.92. The number of benzene rings is 2. The van der Waals surface area contributed by atoms with Crippen molar-refractivity contribution >= 4 is 12.6 Å². The van der Waals surface area contributed by atoms with E-state index < -0.39 is 0 Å². The van der Waals surface area contributed by atoms with E-state index in [2.05, 4.69) is 68.1 Å². The molecular weight excluding hydrogens is 224 g/mol. The fraction of sp³-hybridized carbons (Fsp3) is 0.250. The smallest absolute Gasteiger partial charge is 0.00947 e. The van der Waals surface area contributed by atoms with Crippen LogP contribution in [0.25, 0.3) is 11.1 Å². The number of hydrogen-bond donors (Lipinski definition) is 1. The fourth-order valence-electron chi connectivity index (χ4n) is 2.07. The van der Waals surface area contributed by atoms with Crippen LogP contribution in [0, 0.1) is 6.92 Å². The summed E-state index contributed by atoms with van der Waals surface area (Å²) in [6.45, 7) is 2.16. The van der Waals surface area contributed by atoms with Crippen molar-refractivity contribution in [3.63, 3.8) is 0 Å². The van der Waals surface area contributed by atoms with Gasteiger partial charge in [-0.05, 0) is 47.8 Å². The third kappa shape index (κ3) is 3.13. The molecule has 0 N–H and O–H groups in total. The summed E-state index contributed by atoms with van der Waals surface area (Å²) in [5.41, 5.74) is 5.39. The van der Waals surface area contributed by atoms with Gasteiger partial charge in [0, 0.05) is 0 Å². The van der Waals surface area contributed by atoms with Crippen LogP contribution in [0.1, 0.15) is 17.5 Å². The Morgan fingerprint density at radius 3 is 2.59 bits per heavy atom. The summed E-state index contributed by atoms with van der Waals surface area (Å²) in [6, 6.07) is 17.4. The Balaban J connectivity index is 2.30. The summed E-state index contributed by atoms with van der Waals surface area (Å²) in [7, 11) is 0. The molecule has 2 aromatic carbocycles. The van der Waals surface area contributed by atoms with Gasteiger partial charge in [0.2, 0.25) is 0 Å². The quantitative estimate of drug-likeness (QED) is 0.748. The summed E-state index contributed by atoms with van der Waals surface area (Å²) in [6.07, 6.45) is 2.25. The maximum Gasteiger partial charge on any atom is -0.00947 e. The first-order valence-corrected chi connectivity index (χ1v) is 6.70. The van der Waals surface area contributed by atoms with Crippen molar-refractivity contribution in [2.75, 3.05) is 5.75 Å². The van der Waals surface area contributed by atoms with Gasteiger partial charge in [-0.2, -0.15) is 12.6 Å². The molecule has 0 fully saturated rings. The lowest BCUT2D eigenvalue weighted by atomic mass is 9.98. The Hall–Kier alpha value is -1.21. The van der Waals surface area contributed by atoms with Gasteiger partial charge in [-0.3, -0.25) is 0 Å². The minimum absolute atomic E-state index is 0.953. The maximum atomic E-state index is 4.26. The number of rotatable bonds is 4. The third-order valence-corrected chi connectivity index (χ3v) is 3.32. The van der Waals surface area contributed by atoms with Gasteiger partial charge in [0.25, 0.3) is 0 Å². The average molecular weight is 242 g/mol. The second-order valence-corrected chi connectivity index (χ2v) is 4.79. The molecule has 88 valence electrons. The molecule has 0 aromatic heterocycles. The van der Waals surface area contributed by atoms with Crippen LogP contribution >= 0.6 is 12.6 Å². The second-order valence-electron chi connectivity index (χ2n) is 4.34. The fourth-order valence-corrected chi connectivity index (χ4v) is 2.23. The Morgan fingerprint density at radius 1 is 1.00 bits per heavy atom. The normalized spacial score (nSPS) is 10.5. The van der Waals surface area contributed by atoms with Gasteiger partial charge in [-0.1, -0.05) is 48.5 Å². The molecule has 0 radical (unpaired) electrons. The zero-order chi connectivity index (χ0) is 12.1. The molecule has 0 unspecified atom stereocenters. The molecule has 0 aliphatic heterocycles. The molecule has 0 bridgehead atoms. The lowest BCUT2D eigenvalue weighted by Crippen LogP contribution is -1.88. The predicted molar refractivity (Wildman–Crippen MR) is 78.8 cm³/mol. The molecule has 1 heteroatoms. The van der Waals surface area contributed by atoms with Crippen molar-refractivity contribution in [2.24, 2.45) is 0 Å². The standard InChI is InChI=1S/C16H18S/c1-13-6-2-3-10-16(13)15-9-4-7-14(12-15)8-5-11-17/h2-4,6-7,9-10,12,17H,5,8,11H2,1H3. The third-order valence-electron chi connectivity index (χ3n) is 3.01. The van der Waals surface area contributed by atoms with E-state index >= 15 is 0 Å². The molecule has 0 spiro atoms. The average Bonchev–Trinajstić information content (AvgIpc) is 2.37.